The highest BCUT2D eigenvalue weighted by molar-refractivity contribution is 7.98. The third kappa shape index (κ3) is 5.36. The Balaban J connectivity index is 1.48. The van der Waals surface area contributed by atoms with Crippen LogP contribution in [0.2, 0.25) is 10.0 Å². The van der Waals surface area contributed by atoms with E-state index in [2.05, 4.69) is 20.3 Å². The monoisotopic (exact) mass is 471 g/mol. The fourth-order valence-corrected chi connectivity index (χ4v) is 4.35. The minimum Gasteiger partial charge on any atom is -0.301 e. The molecular formula is C22H19Cl2N5OS. The molecule has 1 N–H and O–H groups in total. The van der Waals surface area contributed by atoms with Crippen LogP contribution in [0.5, 0.6) is 0 Å². The maximum Gasteiger partial charge on any atom is 0.254 e. The SMILES string of the molecule is Cc1c(Cc2c(Cl)cccc2Cl)nc(SCc2cn(Cc3ccccc3)nn2)[nH]c1=O. The number of hydrogen-bond acceptors (Lipinski definition) is 5. The molecule has 0 bridgehead atoms. The summed E-state index contributed by atoms with van der Waals surface area (Å²) in [4.78, 5) is 19.9. The van der Waals surface area contributed by atoms with Gasteiger partial charge in [0.2, 0.25) is 0 Å². The predicted molar refractivity (Wildman–Crippen MR) is 124 cm³/mol. The van der Waals surface area contributed by atoms with Crippen molar-refractivity contribution in [2.75, 3.05) is 0 Å². The molecule has 9 heteroatoms. The second-order valence-electron chi connectivity index (χ2n) is 7.00. The van der Waals surface area contributed by atoms with Crippen molar-refractivity contribution in [1.29, 1.82) is 0 Å². The normalized spacial score (nSPS) is 11.1. The Morgan fingerprint density at radius 3 is 2.55 bits per heavy atom. The average Bonchev–Trinajstić information content (AvgIpc) is 3.20. The van der Waals surface area contributed by atoms with E-state index in [0.29, 0.717) is 45.2 Å². The smallest absolute Gasteiger partial charge is 0.254 e. The summed E-state index contributed by atoms with van der Waals surface area (Å²) in [6.07, 6.45) is 2.28. The van der Waals surface area contributed by atoms with Gasteiger partial charge in [-0.1, -0.05) is 76.6 Å². The third-order valence-electron chi connectivity index (χ3n) is 4.77. The molecule has 4 aromatic rings. The van der Waals surface area contributed by atoms with E-state index in [1.165, 1.54) is 11.8 Å². The first-order valence-corrected chi connectivity index (χ1v) is 11.3. The van der Waals surface area contributed by atoms with Gasteiger partial charge in [0.15, 0.2) is 5.16 Å². The Morgan fingerprint density at radius 1 is 1.06 bits per heavy atom. The van der Waals surface area contributed by atoms with Gasteiger partial charge in [-0.3, -0.25) is 4.79 Å². The van der Waals surface area contributed by atoms with Crippen LogP contribution in [0.15, 0.2) is 64.7 Å². The van der Waals surface area contributed by atoms with E-state index in [1.807, 2.05) is 36.5 Å². The van der Waals surface area contributed by atoms with Crippen LogP contribution in [0.4, 0.5) is 0 Å². The van der Waals surface area contributed by atoms with Gasteiger partial charge in [0.25, 0.3) is 5.56 Å². The summed E-state index contributed by atoms with van der Waals surface area (Å²) in [6.45, 7) is 2.40. The van der Waals surface area contributed by atoms with E-state index < -0.39 is 0 Å². The first-order chi connectivity index (χ1) is 15.0. The molecule has 0 aliphatic carbocycles. The molecule has 6 nitrogen and oxygen atoms in total. The van der Waals surface area contributed by atoms with Crippen LogP contribution < -0.4 is 5.56 Å². The highest BCUT2D eigenvalue weighted by Gasteiger charge is 2.14. The Kier molecular flexibility index (Phi) is 6.75. The number of hydrogen-bond donors (Lipinski definition) is 1. The number of nitrogens with zero attached hydrogens (tertiary/aromatic N) is 4. The van der Waals surface area contributed by atoms with Gasteiger partial charge in [0, 0.05) is 34.0 Å². The molecule has 0 saturated carbocycles. The first kappa shape index (κ1) is 21.6. The predicted octanol–water partition coefficient (Wildman–Crippen LogP) is 4.91. The second-order valence-corrected chi connectivity index (χ2v) is 8.78. The van der Waals surface area contributed by atoms with Gasteiger partial charge in [0.1, 0.15) is 0 Å². The zero-order valence-electron chi connectivity index (χ0n) is 16.7. The van der Waals surface area contributed by atoms with Crippen molar-refractivity contribution in [2.45, 2.75) is 30.8 Å². The topological polar surface area (TPSA) is 76.5 Å². The largest absolute Gasteiger partial charge is 0.301 e. The quantitative estimate of drug-likeness (QED) is 0.306. The molecular weight excluding hydrogens is 453 g/mol. The fourth-order valence-electron chi connectivity index (χ4n) is 3.06. The fraction of sp³-hybridized carbons (Fsp3) is 0.182. The highest BCUT2D eigenvalue weighted by atomic mass is 35.5. The lowest BCUT2D eigenvalue weighted by molar-refractivity contribution is 0.649. The summed E-state index contributed by atoms with van der Waals surface area (Å²) in [5.74, 6) is 0.535. The van der Waals surface area contributed by atoms with Crippen molar-refractivity contribution >= 4 is 35.0 Å². The molecule has 158 valence electrons. The Labute approximate surface area is 193 Å². The molecule has 2 aromatic carbocycles. The van der Waals surface area contributed by atoms with Crippen molar-refractivity contribution < 1.29 is 0 Å². The molecule has 2 aromatic heterocycles. The van der Waals surface area contributed by atoms with E-state index in [-0.39, 0.29) is 5.56 Å². The number of rotatable bonds is 7. The molecule has 0 amide bonds. The van der Waals surface area contributed by atoms with Crippen molar-refractivity contribution in [2.24, 2.45) is 0 Å². The Hall–Kier alpha value is -2.61. The standard InChI is InChI=1S/C22H19Cl2N5OS/c1-14-20(10-17-18(23)8-5-9-19(17)24)25-22(26-21(14)30)31-13-16-12-29(28-27-16)11-15-6-3-2-4-7-15/h2-9,12H,10-11,13H2,1H3,(H,25,26,30). The average molecular weight is 472 g/mol. The first-order valence-electron chi connectivity index (χ1n) is 9.58. The zero-order chi connectivity index (χ0) is 21.8. The van der Waals surface area contributed by atoms with E-state index in [0.717, 1.165) is 16.8 Å². The zero-order valence-corrected chi connectivity index (χ0v) is 19.0. The lowest BCUT2D eigenvalue weighted by Gasteiger charge is -2.10. The summed E-state index contributed by atoms with van der Waals surface area (Å²) < 4.78 is 1.79. The molecule has 0 spiro atoms. The summed E-state index contributed by atoms with van der Waals surface area (Å²) in [5, 5.41) is 10.0. The number of thioether (sulfide) groups is 1. The van der Waals surface area contributed by atoms with Crippen molar-refractivity contribution in [3.8, 4) is 0 Å². The van der Waals surface area contributed by atoms with Gasteiger partial charge < -0.3 is 4.98 Å². The summed E-state index contributed by atoms with van der Waals surface area (Å²) in [7, 11) is 0. The van der Waals surface area contributed by atoms with Crippen molar-refractivity contribution in [3.63, 3.8) is 0 Å². The van der Waals surface area contributed by atoms with Gasteiger partial charge in [-0.2, -0.15) is 0 Å². The van der Waals surface area contributed by atoms with Crippen LogP contribution in [0.25, 0.3) is 0 Å². The lowest BCUT2D eigenvalue weighted by atomic mass is 10.1. The van der Waals surface area contributed by atoms with Crippen LogP contribution in [0, 0.1) is 6.92 Å². The molecule has 0 atom stereocenters. The molecule has 31 heavy (non-hydrogen) atoms. The number of aromatic nitrogens is 5. The van der Waals surface area contributed by atoms with E-state index >= 15 is 0 Å². The Morgan fingerprint density at radius 2 is 1.81 bits per heavy atom. The minimum absolute atomic E-state index is 0.177. The van der Waals surface area contributed by atoms with E-state index in [1.54, 1.807) is 29.8 Å². The minimum atomic E-state index is -0.177. The number of benzene rings is 2. The second kappa shape index (κ2) is 9.68. The maximum atomic E-state index is 12.4. The van der Waals surface area contributed by atoms with Gasteiger partial charge in [-0.25, -0.2) is 9.67 Å². The highest BCUT2D eigenvalue weighted by Crippen LogP contribution is 2.27. The summed E-state index contributed by atoms with van der Waals surface area (Å²) >= 11 is 14.0. The van der Waals surface area contributed by atoms with Crippen LogP contribution in [-0.4, -0.2) is 25.0 Å². The van der Waals surface area contributed by atoms with Gasteiger partial charge in [-0.15, -0.1) is 5.10 Å². The molecule has 0 saturated heterocycles. The Bertz CT molecular complexity index is 1240. The summed E-state index contributed by atoms with van der Waals surface area (Å²) in [6, 6.07) is 15.4. The number of halogens is 2. The molecule has 0 aliphatic rings. The number of nitrogens with one attached hydrogen (secondary N) is 1. The molecule has 4 rings (SSSR count). The van der Waals surface area contributed by atoms with Gasteiger partial charge in [-0.05, 0) is 30.2 Å². The number of H-pyrrole nitrogens is 1. The van der Waals surface area contributed by atoms with Crippen LogP contribution in [0.3, 0.4) is 0 Å². The third-order valence-corrected chi connectivity index (χ3v) is 6.38. The van der Waals surface area contributed by atoms with E-state index in [9.17, 15) is 4.79 Å². The van der Waals surface area contributed by atoms with Crippen molar-refractivity contribution in [1.82, 2.24) is 25.0 Å². The number of aromatic amines is 1. The lowest BCUT2D eigenvalue weighted by Crippen LogP contribution is -2.16. The van der Waals surface area contributed by atoms with Crippen LogP contribution >= 0.6 is 35.0 Å². The molecule has 2 heterocycles. The molecule has 0 aliphatic heterocycles. The van der Waals surface area contributed by atoms with Crippen molar-refractivity contribution in [3.05, 3.63) is 103 Å². The van der Waals surface area contributed by atoms with Gasteiger partial charge >= 0.3 is 0 Å². The maximum absolute atomic E-state index is 12.4. The van der Waals surface area contributed by atoms with Gasteiger partial charge in [0.05, 0.1) is 17.9 Å². The van der Waals surface area contributed by atoms with E-state index in [4.69, 9.17) is 23.2 Å². The van der Waals surface area contributed by atoms with Crippen LogP contribution in [0.1, 0.15) is 28.1 Å². The molecule has 0 fully saturated rings. The van der Waals surface area contributed by atoms with Crippen LogP contribution in [-0.2, 0) is 18.7 Å². The molecule has 0 radical (unpaired) electrons. The molecule has 0 unspecified atom stereocenters. The summed E-state index contributed by atoms with van der Waals surface area (Å²) in [5.41, 5.74) is 3.73.